The molecule has 5 nitrogen and oxygen atoms in total. The Bertz CT molecular complexity index is 581. The average molecular weight is 308 g/mol. The van der Waals surface area contributed by atoms with Crippen molar-refractivity contribution in [2.75, 3.05) is 18.5 Å². The first-order valence-electron chi connectivity index (χ1n) is 7.14. The molecule has 2 aromatic heterocycles. The number of hydrogen-bond donors (Lipinski definition) is 1. The molecule has 0 unspecified atom stereocenters. The van der Waals surface area contributed by atoms with Gasteiger partial charge in [-0.3, -0.25) is 4.68 Å². The molecule has 0 aromatic carbocycles. The lowest BCUT2D eigenvalue weighted by molar-refractivity contribution is 0.674. The molecule has 0 fully saturated rings. The normalized spacial score (nSPS) is 10.9. The number of pyridine rings is 1. The molecule has 2 aromatic rings. The van der Waals surface area contributed by atoms with Gasteiger partial charge in [0.2, 0.25) is 0 Å². The number of aromatic nitrogens is 3. The van der Waals surface area contributed by atoms with Crippen LogP contribution in [0.4, 0.5) is 5.82 Å². The quantitative estimate of drug-likeness (QED) is 0.799. The fourth-order valence-corrected chi connectivity index (χ4v) is 2.49. The van der Waals surface area contributed by atoms with Crippen LogP contribution in [0.1, 0.15) is 24.5 Å². The number of anilines is 1. The molecule has 114 valence electrons. The number of aryl methyl sites for hydroxylation is 1. The van der Waals surface area contributed by atoms with Crippen LogP contribution in [0.2, 0.25) is 5.02 Å². The van der Waals surface area contributed by atoms with Gasteiger partial charge in [-0.1, -0.05) is 18.5 Å². The molecule has 0 saturated heterocycles. The third kappa shape index (κ3) is 4.44. The predicted octanol–water partition coefficient (Wildman–Crippen LogP) is 2.60. The Morgan fingerprint density at radius 1 is 1.33 bits per heavy atom. The van der Waals surface area contributed by atoms with Crippen LogP contribution in [0, 0.1) is 0 Å². The lowest BCUT2D eigenvalue weighted by Gasteiger charge is -2.19. The fourth-order valence-electron chi connectivity index (χ4n) is 2.16. The highest BCUT2D eigenvalue weighted by Gasteiger charge is 2.10. The van der Waals surface area contributed by atoms with Crippen LogP contribution >= 0.6 is 11.6 Å². The van der Waals surface area contributed by atoms with Crippen molar-refractivity contribution in [1.29, 1.82) is 0 Å². The first kappa shape index (κ1) is 15.8. The van der Waals surface area contributed by atoms with Crippen LogP contribution in [-0.2, 0) is 20.1 Å². The number of rotatable bonds is 7. The lowest BCUT2D eigenvalue weighted by Crippen LogP contribution is -2.19. The van der Waals surface area contributed by atoms with Crippen molar-refractivity contribution in [3.8, 4) is 0 Å². The maximum absolute atomic E-state index is 6.36. The molecular weight excluding hydrogens is 286 g/mol. The lowest BCUT2D eigenvalue weighted by atomic mass is 10.2. The highest BCUT2D eigenvalue weighted by Crippen LogP contribution is 2.24. The van der Waals surface area contributed by atoms with E-state index in [9.17, 15) is 0 Å². The molecule has 6 heteroatoms. The Balaban J connectivity index is 2.02. The molecule has 0 spiro atoms. The molecule has 0 aliphatic carbocycles. The topological polar surface area (TPSA) is 46.0 Å². The van der Waals surface area contributed by atoms with Crippen LogP contribution in [0.3, 0.4) is 0 Å². The van der Waals surface area contributed by atoms with E-state index in [-0.39, 0.29) is 0 Å². The second kappa shape index (κ2) is 7.43. The van der Waals surface area contributed by atoms with Gasteiger partial charge in [-0.2, -0.15) is 5.10 Å². The molecule has 2 rings (SSSR count). The summed E-state index contributed by atoms with van der Waals surface area (Å²) in [5.74, 6) is 0.791. The number of nitrogens with zero attached hydrogens (tertiary/aromatic N) is 4. The molecule has 0 radical (unpaired) electrons. The van der Waals surface area contributed by atoms with Gasteiger partial charge in [0.25, 0.3) is 0 Å². The molecule has 0 aliphatic rings. The summed E-state index contributed by atoms with van der Waals surface area (Å²) in [6.45, 7) is 4.68. The summed E-state index contributed by atoms with van der Waals surface area (Å²) in [5, 5.41) is 8.19. The van der Waals surface area contributed by atoms with Crippen LogP contribution < -0.4 is 10.2 Å². The number of hydrogen-bond acceptors (Lipinski definition) is 4. The van der Waals surface area contributed by atoms with Crippen molar-refractivity contribution >= 4 is 17.4 Å². The highest BCUT2D eigenvalue weighted by atomic mass is 35.5. The van der Waals surface area contributed by atoms with Crippen LogP contribution in [0.25, 0.3) is 0 Å². The number of halogens is 1. The highest BCUT2D eigenvalue weighted by molar-refractivity contribution is 6.33. The minimum absolute atomic E-state index is 0.678. The first-order chi connectivity index (χ1) is 10.1. The van der Waals surface area contributed by atoms with E-state index in [0.717, 1.165) is 43.0 Å². The zero-order valence-corrected chi connectivity index (χ0v) is 13.6. The van der Waals surface area contributed by atoms with Gasteiger partial charge in [-0.05, 0) is 24.6 Å². The first-order valence-corrected chi connectivity index (χ1v) is 7.51. The predicted molar refractivity (Wildman–Crippen MR) is 86.6 cm³/mol. The van der Waals surface area contributed by atoms with Crippen LogP contribution in [0.5, 0.6) is 0 Å². The van der Waals surface area contributed by atoms with Gasteiger partial charge in [-0.15, -0.1) is 0 Å². The van der Waals surface area contributed by atoms with Gasteiger partial charge in [0.05, 0.1) is 11.2 Å². The molecule has 21 heavy (non-hydrogen) atoms. The largest absolute Gasteiger partial charge is 0.354 e. The van der Waals surface area contributed by atoms with E-state index in [1.165, 1.54) is 0 Å². The van der Waals surface area contributed by atoms with Gasteiger partial charge in [0.15, 0.2) is 0 Å². The third-order valence-corrected chi connectivity index (χ3v) is 3.45. The zero-order chi connectivity index (χ0) is 15.2. The summed E-state index contributed by atoms with van der Waals surface area (Å²) in [6, 6.07) is 1.98. The van der Waals surface area contributed by atoms with E-state index >= 15 is 0 Å². The monoisotopic (exact) mass is 307 g/mol. The molecule has 0 bridgehead atoms. The van der Waals surface area contributed by atoms with Crippen molar-refractivity contribution in [3.63, 3.8) is 0 Å². The average Bonchev–Trinajstić information content (AvgIpc) is 2.84. The van der Waals surface area contributed by atoms with Crippen molar-refractivity contribution in [2.24, 2.45) is 7.05 Å². The SMILES string of the molecule is CCCNCc1cnc(N(C)Cc2cnn(C)c2)c(Cl)c1. The van der Waals surface area contributed by atoms with Gasteiger partial charge >= 0.3 is 0 Å². The Morgan fingerprint density at radius 2 is 2.14 bits per heavy atom. The summed E-state index contributed by atoms with van der Waals surface area (Å²) in [5.41, 5.74) is 2.23. The second-order valence-electron chi connectivity index (χ2n) is 5.20. The van der Waals surface area contributed by atoms with E-state index in [0.29, 0.717) is 5.02 Å². The molecule has 0 aliphatic heterocycles. The Kier molecular flexibility index (Phi) is 5.59. The zero-order valence-electron chi connectivity index (χ0n) is 12.8. The van der Waals surface area contributed by atoms with E-state index in [1.807, 2.05) is 43.7 Å². The van der Waals surface area contributed by atoms with E-state index < -0.39 is 0 Å². The van der Waals surface area contributed by atoms with E-state index in [2.05, 4.69) is 22.3 Å². The van der Waals surface area contributed by atoms with Gasteiger partial charge in [0.1, 0.15) is 5.82 Å². The summed E-state index contributed by atoms with van der Waals surface area (Å²) in [7, 11) is 3.89. The molecular formula is C15H22ClN5. The third-order valence-electron chi connectivity index (χ3n) is 3.17. The van der Waals surface area contributed by atoms with Gasteiger partial charge in [0, 0.05) is 45.1 Å². The van der Waals surface area contributed by atoms with Gasteiger partial charge in [-0.25, -0.2) is 4.98 Å². The maximum atomic E-state index is 6.36. The van der Waals surface area contributed by atoms with Crippen molar-refractivity contribution in [2.45, 2.75) is 26.4 Å². The summed E-state index contributed by atoms with van der Waals surface area (Å²) >= 11 is 6.36. The molecule has 0 saturated carbocycles. The minimum Gasteiger partial charge on any atom is -0.354 e. The maximum Gasteiger partial charge on any atom is 0.147 e. The van der Waals surface area contributed by atoms with Crippen LogP contribution in [-0.4, -0.2) is 28.4 Å². The number of nitrogens with one attached hydrogen (secondary N) is 1. The van der Waals surface area contributed by atoms with Crippen molar-refractivity contribution < 1.29 is 0 Å². The Labute approximate surface area is 130 Å². The second-order valence-corrected chi connectivity index (χ2v) is 5.61. The molecule has 2 heterocycles. The summed E-state index contributed by atoms with van der Waals surface area (Å²) in [4.78, 5) is 6.52. The Morgan fingerprint density at radius 3 is 2.76 bits per heavy atom. The minimum atomic E-state index is 0.678. The summed E-state index contributed by atoms with van der Waals surface area (Å²) < 4.78 is 1.79. The Hall–Kier alpha value is -1.59. The standard InChI is InChI=1S/C15H22ClN5/c1-4-5-17-7-12-6-14(16)15(18-8-12)20(2)10-13-9-19-21(3)11-13/h6,8-9,11,17H,4-5,7,10H2,1-3H3. The molecule has 1 N–H and O–H groups in total. The molecule has 0 amide bonds. The van der Waals surface area contributed by atoms with Crippen molar-refractivity contribution in [3.05, 3.63) is 40.8 Å². The smallest absolute Gasteiger partial charge is 0.147 e. The molecule has 0 atom stereocenters. The van der Waals surface area contributed by atoms with E-state index in [1.54, 1.807) is 4.68 Å². The van der Waals surface area contributed by atoms with Gasteiger partial charge < -0.3 is 10.2 Å². The van der Waals surface area contributed by atoms with Crippen LogP contribution in [0.15, 0.2) is 24.7 Å². The summed E-state index contributed by atoms with van der Waals surface area (Å²) in [6.07, 6.45) is 6.84. The van der Waals surface area contributed by atoms with E-state index in [4.69, 9.17) is 11.6 Å². The van der Waals surface area contributed by atoms with Crippen molar-refractivity contribution in [1.82, 2.24) is 20.1 Å². The fraction of sp³-hybridized carbons (Fsp3) is 0.467.